The molecular formula is C32H39N9. The van der Waals surface area contributed by atoms with Crippen molar-refractivity contribution in [1.29, 1.82) is 0 Å². The quantitative estimate of drug-likeness (QED) is 0.260. The summed E-state index contributed by atoms with van der Waals surface area (Å²) in [6.45, 7) is 8.93. The minimum Gasteiger partial charge on any atom is -0.383 e. The molecule has 0 amide bonds. The molecule has 9 nitrogen and oxygen atoms in total. The molecule has 1 saturated heterocycles. The highest BCUT2D eigenvalue weighted by Crippen LogP contribution is 2.39. The summed E-state index contributed by atoms with van der Waals surface area (Å²) in [5.41, 5.74) is 15.0. The van der Waals surface area contributed by atoms with Crippen molar-refractivity contribution in [3.63, 3.8) is 0 Å². The average molecular weight is 550 g/mol. The number of nitrogen functional groups attached to an aromatic ring is 1. The van der Waals surface area contributed by atoms with Gasteiger partial charge >= 0.3 is 0 Å². The minimum absolute atomic E-state index is 0.422. The van der Waals surface area contributed by atoms with Crippen molar-refractivity contribution in [3.05, 3.63) is 60.0 Å². The number of fused-ring (bicyclic) bond motifs is 2. The van der Waals surface area contributed by atoms with E-state index in [2.05, 4.69) is 93.1 Å². The van der Waals surface area contributed by atoms with E-state index in [-0.39, 0.29) is 0 Å². The lowest BCUT2D eigenvalue weighted by atomic mass is 9.89. The summed E-state index contributed by atoms with van der Waals surface area (Å²) in [5.74, 6) is 1.27. The Balaban J connectivity index is 1.12. The number of nitrogens with two attached hydrogens (primary N) is 1. The van der Waals surface area contributed by atoms with Gasteiger partial charge in [0.1, 0.15) is 17.8 Å². The van der Waals surface area contributed by atoms with Crippen molar-refractivity contribution < 1.29 is 0 Å². The van der Waals surface area contributed by atoms with Gasteiger partial charge in [-0.1, -0.05) is 18.2 Å². The summed E-state index contributed by atoms with van der Waals surface area (Å²) in [6.07, 6.45) is 8.62. The van der Waals surface area contributed by atoms with E-state index >= 15 is 0 Å². The van der Waals surface area contributed by atoms with E-state index < -0.39 is 0 Å². The van der Waals surface area contributed by atoms with Crippen LogP contribution in [0, 0.1) is 13.8 Å². The largest absolute Gasteiger partial charge is 0.383 e. The highest BCUT2D eigenvalue weighted by Gasteiger charge is 2.30. The van der Waals surface area contributed by atoms with Crippen LogP contribution in [0.15, 0.2) is 48.9 Å². The van der Waals surface area contributed by atoms with Gasteiger partial charge in [-0.2, -0.15) is 0 Å². The van der Waals surface area contributed by atoms with Crippen molar-refractivity contribution >= 4 is 39.5 Å². The van der Waals surface area contributed by atoms with Crippen LogP contribution in [0.1, 0.15) is 42.9 Å². The van der Waals surface area contributed by atoms with Gasteiger partial charge in [0.2, 0.25) is 5.95 Å². The molecule has 41 heavy (non-hydrogen) atoms. The first-order valence-electron chi connectivity index (χ1n) is 14.8. The zero-order valence-electron chi connectivity index (χ0n) is 24.2. The third-order valence-corrected chi connectivity index (χ3v) is 9.15. The molecule has 2 aliphatic rings. The molecule has 3 aromatic heterocycles. The molecular weight excluding hydrogens is 510 g/mol. The number of H-pyrrole nitrogens is 1. The maximum atomic E-state index is 6.46. The Labute approximate surface area is 240 Å². The summed E-state index contributed by atoms with van der Waals surface area (Å²) in [7, 11) is 2.23. The molecule has 0 spiro atoms. The number of likely N-dealkylation sites (N-methyl/N-ethyl adjacent to an activating group) is 1. The molecule has 5 aromatic rings. The summed E-state index contributed by atoms with van der Waals surface area (Å²) in [5, 5.41) is 4.37. The van der Waals surface area contributed by atoms with Crippen molar-refractivity contribution in [2.24, 2.45) is 0 Å². The zero-order chi connectivity index (χ0) is 28.1. The predicted molar refractivity (Wildman–Crippen MR) is 167 cm³/mol. The molecule has 1 saturated carbocycles. The molecule has 9 heteroatoms. The lowest BCUT2D eigenvalue weighted by molar-refractivity contribution is 0.0828. The molecule has 2 fully saturated rings. The van der Waals surface area contributed by atoms with E-state index in [0.717, 1.165) is 57.7 Å². The van der Waals surface area contributed by atoms with Gasteiger partial charge in [-0.05, 0) is 81.5 Å². The minimum atomic E-state index is 0.422. The second kappa shape index (κ2) is 10.5. The molecule has 4 heterocycles. The van der Waals surface area contributed by atoms with Gasteiger partial charge in [-0.25, -0.2) is 15.0 Å². The van der Waals surface area contributed by atoms with E-state index in [1.165, 1.54) is 50.1 Å². The van der Waals surface area contributed by atoms with E-state index in [1.54, 1.807) is 6.33 Å². The number of piperazine rings is 1. The van der Waals surface area contributed by atoms with E-state index in [9.17, 15) is 0 Å². The first kappa shape index (κ1) is 26.0. The lowest BCUT2D eigenvalue weighted by Gasteiger charge is -2.41. The van der Waals surface area contributed by atoms with Gasteiger partial charge in [0.25, 0.3) is 0 Å². The van der Waals surface area contributed by atoms with Crippen LogP contribution in [0.25, 0.3) is 33.2 Å². The molecule has 212 valence electrons. The monoisotopic (exact) mass is 549 g/mol. The summed E-state index contributed by atoms with van der Waals surface area (Å²) >= 11 is 0. The Kier molecular flexibility index (Phi) is 6.63. The second-order valence-corrected chi connectivity index (χ2v) is 12.0. The van der Waals surface area contributed by atoms with Crippen LogP contribution < -0.4 is 11.1 Å². The summed E-state index contributed by atoms with van der Waals surface area (Å²) in [6, 6.07) is 13.8. The molecule has 0 radical (unpaired) electrons. The Morgan fingerprint density at radius 2 is 1.66 bits per heavy atom. The standard InChI is InChI=1S/C32H39N9/c1-20-16-21(2)29-27(17-20)37-32(38-29)36-23-6-4-22(5-7-23)26-18-41(31-28(26)30(33)34-19-35-31)25-10-8-24(9-11-25)40-14-12-39(3)13-15-40/h4-7,16-19,24-25H,8-15H2,1-3H3,(H2,33,34,35)(H2,36,37,38)/t24-,25-. The number of aromatic amines is 1. The fourth-order valence-corrected chi connectivity index (χ4v) is 6.89. The first-order chi connectivity index (χ1) is 19.9. The highest BCUT2D eigenvalue weighted by molar-refractivity contribution is 6.00. The Hall–Kier alpha value is -3.95. The Morgan fingerprint density at radius 3 is 2.41 bits per heavy atom. The van der Waals surface area contributed by atoms with Gasteiger partial charge in [-0.3, -0.25) is 4.90 Å². The van der Waals surface area contributed by atoms with Crippen LogP contribution in [0.4, 0.5) is 17.5 Å². The second-order valence-electron chi connectivity index (χ2n) is 12.0. The van der Waals surface area contributed by atoms with Crippen LogP contribution in [0.5, 0.6) is 0 Å². The normalized spacial score (nSPS) is 20.7. The predicted octanol–water partition coefficient (Wildman–Crippen LogP) is 5.65. The number of benzene rings is 2. The number of anilines is 3. The SMILES string of the molecule is Cc1cc(C)c2[nH]c(Nc3ccc(-c4cn([C@H]5CC[C@H](N6CCN(C)CC6)CC5)c5ncnc(N)c45)cc3)nc2c1. The fraction of sp³-hybridized carbons (Fsp3) is 0.406. The number of imidazole rings is 1. The topological polar surface area (TPSA) is 104 Å². The van der Waals surface area contributed by atoms with Crippen LogP contribution in [-0.2, 0) is 0 Å². The van der Waals surface area contributed by atoms with Crippen LogP contribution >= 0.6 is 0 Å². The lowest BCUT2D eigenvalue weighted by Crippen LogP contribution is -2.49. The zero-order valence-corrected chi connectivity index (χ0v) is 24.2. The molecule has 1 aliphatic heterocycles. The number of nitrogens with one attached hydrogen (secondary N) is 2. The number of nitrogens with zero attached hydrogens (tertiary/aromatic N) is 6. The fourth-order valence-electron chi connectivity index (χ4n) is 6.89. The number of hydrogen-bond donors (Lipinski definition) is 3. The first-order valence-corrected chi connectivity index (χ1v) is 14.8. The van der Waals surface area contributed by atoms with E-state index in [1.807, 2.05) is 0 Å². The molecule has 4 N–H and O–H groups in total. The van der Waals surface area contributed by atoms with Gasteiger partial charge in [0.05, 0.1) is 16.4 Å². The van der Waals surface area contributed by atoms with Gasteiger partial charge < -0.3 is 25.5 Å². The summed E-state index contributed by atoms with van der Waals surface area (Å²) in [4.78, 5) is 22.4. The molecule has 0 atom stereocenters. The smallest absolute Gasteiger partial charge is 0.205 e. The van der Waals surface area contributed by atoms with Crippen molar-refractivity contribution in [3.8, 4) is 11.1 Å². The number of aromatic nitrogens is 5. The third-order valence-electron chi connectivity index (χ3n) is 9.15. The van der Waals surface area contributed by atoms with Gasteiger partial charge in [0, 0.05) is 55.7 Å². The van der Waals surface area contributed by atoms with Crippen LogP contribution in [-0.4, -0.2) is 73.6 Å². The number of rotatable bonds is 5. The van der Waals surface area contributed by atoms with Crippen LogP contribution in [0.3, 0.4) is 0 Å². The number of hydrogen-bond acceptors (Lipinski definition) is 7. The summed E-state index contributed by atoms with van der Waals surface area (Å²) < 4.78 is 2.37. The Bertz CT molecular complexity index is 1680. The van der Waals surface area contributed by atoms with Crippen LogP contribution in [0.2, 0.25) is 0 Å². The van der Waals surface area contributed by atoms with E-state index in [4.69, 9.17) is 15.7 Å². The maximum Gasteiger partial charge on any atom is 0.205 e. The highest BCUT2D eigenvalue weighted by atomic mass is 15.3. The van der Waals surface area contributed by atoms with Crippen molar-refractivity contribution in [2.45, 2.75) is 51.6 Å². The molecule has 0 unspecified atom stereocenters. The molecule has 7 rings (SSSR count). The molecule has 0 bridgehead atoms. The Morgan fingerprint density at radius 1 is 0.927 bits per heavy atom. The maximum absolute atomic E-state index is 6.46. The molecule has 1 aliphatic carbocycles. The van der Waals surface area contributed by atoms with E-state index in [0.29, 0.717) is 17.9 Å². The number of aryl methyl sites for hydroxylation is 2. The molecule has 2 aromatic carbocycles. The van der Waals surface area contributed by atoms with Gasteiger partial charge in [-0.15, -0.1) is 0 Å². The van der Waals surface area contributed by atoms with Gasteiger partial charge in [0.15, 0.2) is 0 Å². The third kappa shape index (κ3) is 4.93. The van der Waals surface area contributed by atoms with Crippen molar-refractivity contribution in [2.75, 3.05) is 44.3 Å². The van der Waals surface area contributed by atoms with Crippen molar-refractivity contribution in [1.82, 2.24) is 34.3 Å². The average Bonchev–Trinajstić information content (AvgIpc) is 3.56.